The molecule has 4 heteroatoms. The zero-order valence-electron chi connectivity index (χ0n) is 10.8. The van der Waals surface area contributed by atoms with Gasteiger partial charge in [-0.05, 0) is 13.3 Å². The molecule has 0 spiro atoms. The molecule has 0 aliphatic rings. The fourth-order valence-electron chi connectivity index (χ4n) is 1.37. The smallest absolute Gasteiger partial charge is 0.409 e. The number of amides is 1. The summed E-state index contributed by atoms with van der Waals surface area (Å²) in [6, 6.07) is 0. The topological polar surface area (TPSA) is 29.5 Å². The van der Waals surface area contributed by atoms with Crippen LogP contribution < -0.4 is 0 Å². The van der Waals surface area contributed by atoms with Crippen LogP contribution >= 0.6 is 0 Å². The van der Waals surface area contributed by atoms with Crippen LogP contribution in [-0.2, 0) is 4.74 Å². The number of ether oxygens (including phenoxy) is 1. The highest BCUT2D eigenvalue weighted by atomic mass is 28.3. The quantitative estimate of drug-likeness (QED) is 0.657. The second-order valence-electron chi connectivity index (χ2n) is 5.03. The highest BCUT2D eigenvalue weighted by molar-refractivity contribution is 6.76. The van der Waals surface area contributed by atoms with Crippen LogP contribution in [0, 0.1) is 0 Å². The summed E-state index contributed by atoms with van der Waals surface area (Å²) in [4.78, 5) is 13.5. The number of hydrogen-bond acceptors (Lipinski definition) is 2. The third kappa shape index (κ3) is 7.42. The molecule has 0 saturated heterocycles. The minimum Gasteiger partial charge on any atom is -0.450 e. The van der Waals surface area contributed by atoms with Gasteiger partial charge >= 0.3 is 6.09 Å². The molecule has 0 bridgehead atoms. The number of unbranched alkanes of at least 4 members (excludes halogenated alkanes) is 1. The standard InChI is InChI=1S/C11H25NO2Si/c1-6-8-9-12(10-15(3,4)5)11(13)14-7-2/h6-10H2,1-5H3. The Hall–Kier alpha value is -0.513. The predicted octanol–water partition coefficient (Wildman–Crippen LogP) is 3.12. The SMILES string of the molecule is CCCCN(C[Si](C)(C)C)C(=O)OCC. The Labute approximate surface area is 94.8 Å². The Kier molecular flexibility index (Phi) is 6.64. The van der Waals surface area contributed by atoms with E-state index in [0.29, 0.717) is 6.61 Å². The van der Waals surface area contributed by atoms with Crippen molar-refractivity contribution in [2.24, 2.45) is 0 Å². The molecule has 0 fully saturated rings. The van der Waals surface area contributed by atoms with Gasteiger partial charge in [-0.3, -0.25) is 0 Å². The second-order valence-corrected chi connectivity index (χ2v) is 10.5. The second kappa shape index (κ2) is 6.88. The predicted molar refractivity (Wildman–Crippen MR) is 66.8 cm³/mol. The van der Waals surface area contributed by atoms with Crippen LogP contribution in [0.15, 0.2) is 0 Å². The molecule has 0 atom stereocenters. The van der Waals surface area contributed by atoms with Gasteiger partial charge in [0.2, 0.25) is 0 Å². The molecule has 0 saturated carbocycles. The minimum atomic E-state index is -1.24. The summed E-state index contributed by atoms with van der Waals surface area (Å²) < 4.78 is 5.06. The number of rotatable bonds is 6. The zero-order valence-corrected chi connectivity index (χ0v) is 11.8. The molecule has 0 aromatic heterocycles. The van der Waals surface area contributed by atoms with Crippen LogP contribution in [0.2, 0.25) is 19.6 Å². The lowest BCUT2D eigenvalue weighted by molar-refractivity contribution is 0.112. The first-order chi connectivity index (χ1) is 6.90. The van der Waals surface area contributed by atoms with Crippen molar-refractivity contribution < 1.29 is 9.53 Å². The van der Waals surface area contributed by atoms with Crippen LogP contribution in [0.4, 0.5) is 4.79 Å². The Morgan fingerprint density at radius 3 is 2.27 bits per heavy atom. The van der Waals surface area contributed by atoms with Gasteiger partial charge in [-0.2, -0.15) is 0 Å². The largest absolute Gasteiger partial charge is 0.450 e. The van der Waals surface area contributed by atoms with E-state index in [0.717, 1.165) is 25.6 Å². The number of carbonyl (C=O) groups excluding carboxylic acids is 1. The molecule has 0 N–H and O–H groups in total. The summed E-state index contributed by atoms with van der Waals surface area (Å²) in [7, 11) is -1.24. The Bertz CT molecular complexity index is 190. The van der Waals surface area contributed by atoms with E-state index < -0.39 is 8.07 Å². The Balaban J connectivity index is 4.23. The summed E-state index contributed by atoms with van der Waals surface area (Å²) in [6.45, 7) is 12.1. The van der Waals surface area contributed by atoms with E-state index in [2.05, 4.69) is 26.6 Å². The van der Waals surface area contributed by atoms with Crippen molar-refractivity contribution in [3.8, 4) is 0 Å². The van der Waals surface area contributed by atoms with Gasteiger partial charge in [-0.15, -0.1) is 0 Å². The van der Waals surface area contributed by atoms with Crippen molar-refractivity contribution in [3.05, 3.63) is 0 Å². The van der Waals surface area contributed by atoms with Crippen molar-refractivity contribution in [1.29, 1.82) is 0 Å². The van der Waals surface area contributed by atoms with Crippen LogP contribution in [-0.4, -0.2) is 38.4 Å². The lowest BCUT2D eigenvalue weighted by Crippen LogP contribution is -2.44. The molecule has 0 unspecified atom stereocenters. The maximum Gasteiger partial charge on any atom is 0.409 e. The van der Waals surface area contributed by atoms with E-state index in [1.54, 1.807) is 0 Å². The third-order valence-corrected chi connectivity index (χ3v) is 3.30. The summed E-state index contributed by atoms with van der Waals surface area (Å²) in [5, 5.41) is 0. The highest BCUT2D eigenvalue weighted by Crippen LogP contribution is 2.07. The van der Waals surface area contributed by atoms with Crippen molar-refractivity contribution in [2.45, 2.75) is 46.3 Å². The van der Waals surface area contributed by atoms with E-state index in [1.165, 1.54) is 0 Å². The lowest BCUT2D eigenvalue weighted by Gasteiger charge is -2.28. The number of carbonyl (C=O) groups is 1. The molecule has 15 heavy (non-hydrogen) atoms. The van der Waals surface area contributed by atoms with Gasteiger partial charge in [0.15, 0.2) is 0 Å². The first kappa shape index (κ1) is 14.5. The molecule has 0 radical (unpaired) electrons. The van der Waals surface area contributed by atoms with Gasteiger partial charge in [0.05, 0.1) is 14.7 Å². The average molecular weight is 231 g/mol. The molecule has 0 aliphatic carbocycles. The summed E-state index contributed by atoms with van der Waals surface area (Å²) in [5.41, 5.74) is 0. The third-order valence-electron chi connectivity index (χ3n) is 1.97. The summed E-state index contributed by atoms with van der Waals surface area (Å²) in [6.07, 6.45) is 2.92. The summed E-state index contributed by atoms with van der Waals surface area (Å²) >= 11 is 0. The maximum atomic E-state index is 11.7. The Morgan fingerprint density at radius 2 is 1.87 bits per heavy atom. The lowest BCUT2D eigenvalue weighted by atomic mass is 10.3. The van der Waals surface area contributed by atoms with E-state index >= 15 is 0 Å². The van der Waals surface area contributed by atoms with Crippen LogP contribution in [0.3, 0.4) is 0 Å². The minimum absolute atomic E-state index is 0.145. The number of nitrogens with zero attached hydrogens (tertiary/aromatic N) is 1. The molecule has 90 valence electrons. The van der Waals surface area contributed by atoms with E-state index in [-0.39, 0.29) is 6.09 Å². The molecular formula is C11H25NO2Si. The van der Waals surface area contributed by atoms with Crippen LogP contribution in [0.25, 0.3) is 0 Å². The van der Waals surface area contributed by atoms with Crippen molar-refractivity contribution in [1.82, 2.24) is 4.90 Å². The fraction of sp³-hybridized carbons (Fsp3) is 0.909. The fourth-order valence-corrected chi connectivity index (χ4v) is 2.80. The van der Waals surface area contributed by atoms with Gasteiger partial charge in [0.1, 0.15) is 0 Å². The van der Waals surface area contributed by atoms with Crippen molar-refractivity contribution in [2.75, 3.05) is 19.3 Å². The van der Waals surface area contributed by atoms with Gasteiger partial charge in [-0.1, -0.05) is 33.0 Å². The molecule has 1 amide bonds. The number of hydrogen-bond donors (Lipinski definition) is 0. The van der Waals surface area contributed by atoms with Gasteiger partial charge in [-0.25, -0.2) is 4.79 Å². The van der Waals surface area contributed by atoms with Crippen molar-refractivity contribution >= 4 is 14.2 Å². The van der Waals surface area contributed by atoms with Crippen molar-refractivity contribution in [3.63, 3.8) is 0 Å². The first-order valence-corrected chi connectivity index (χ1v) is 9.53. The molecule has 0 rings (SSSR count). The van der Waals surface area contributed by atoms with E-state index in [1.807, 2.05) is 11.8 Å². The monoisotopic (exact) mass is 231 g/mol. The van der Waals surface area contributed by atoms with E-state index in [4.69, 9.17) is 4.74 Å². The van der Waals surface area contributed by atoms with Gasteiger partial charge in [0.25, 0.3) is 0 Å². The molecule has 3 nitrogen and oxygen atoms in total. The van der Waals surface area contributed by atoms with Gasteiger partial charge in [0, 0.05) is 12.7 Å². The van der Waals surface area contributed by atoms with Crippen LogP contribution in [0.1, 0.15) is 26.7 Å². The van der Waals surface area contributed by atoms with Gasteiger partial charge < -0.3 is 9.64 Å². The van der Waals surface area contributed by atoms with E-state index in [9.17, 15) is 4.79 Å². The molecule has 0 aromatic carbocycles. The zero-order chi connectivity index (χ0) is 11.9. The highest BCUT2D eigenvalue weighted by Gasteiger charge is 2.22. The molecular weight excluding hydrogens is 206 g/mol. The average Bonchev–Trinajstić information content (AvgIpc) is 2.10. The summed E-state index contributed by atoms with van der Waals surface area (Å²) in [5.74, 6) is 0. The van der Waals surface area contributed by atoms with Crippen LogP contribution in [0.5, 0.6) is 0 Å². The first-order valence-electron chi connectivity index (χ1n) is 5.82. The molecule has 0 heterocycles. The maximum absolute atomic E-state index is 11.7. The molecule has 0 aromatic rings. The Morgan fingerprint density at radius 1 is 1.27 bits per heavy atom. The normalized spacial score (nSPS) is 11.3. The molecule has 0 aliphatic heterocycles.